The van der Waals surface area contributed by atoms with Gasteiger partial charge in [0.15, 0.2) is 0 Å². The molecule has 0 aliphatic heterocycles. The van der Waals surface area contributed by atoms with E-state index in [9.17, 15) is 18.4 Å². The maximum absolute atomic E-state index is 13.6. The first kappa shape index (κ1) is 18.2. The second-order valence-electron chi connectivity index (χ2n) is 5.66. The number of anilines is 1. The third-order valence-electron chi connectivity index (χ3n) is 3.75. The van der Waals surface area contributed by atoms with Crippen molar-refractivity contribution in [3.63, 3.8) is 0 Å². The van der Waals surface area contributed by atoms with Gasteiger partial charge in [0.25, 0.3) is 11.8 Å². The number of benzene rings is 2. The number of amides is 2. The van der Waals surface area contributed by atoms with Crippen LogP contribution in [0.3, 0.4) is 0 Å². The van der Waals surface area contributed by atoms with E-state index < -0.39 is 23.4 Å². The number of nitrogens with zero attached hydrogens (tertiary/aromatic N) is 1. The highest BCUT2D eigenvalue weighted by molar-refractivity contribution is 6.04. The number of halogens is 2. The third-order valence-corrected chi connectivity index (χ3v) is 3.75. The zero-order valence-corrected chi connectivity index (χ0v) is 14.1. The Hall–Kier alpha value is -3.61. The summed E-state index contributed by atoms with van der Waals surface area (Å²) in [5, 5.41) is 5.17. The van der Waals surface area contributed by atoms with Gasteiger partial charge in [0.1, 0.15) is 17.3 Å². The lowest BCUT2D eigenvalue weighted by atomic mass is 10.2. The van der Waals surface area contributed by atoms with Crippen molar-refractivity contribution in [1.82, 2.24) is 10.3 Å². The van der Waals surface area contributed by atoms with E-state index in [-0.39, 0.29) is 17.8 Å². The molecule has 1 aromatic heterocycles. The van der Waals surface area contributed by atoms with Crippen molar-refractivity contribution in [3.05, 3.63) is 95.3 Å². The van der Waals surface area contributed by atoms with E-state index in [2.05, 4.69) is 15.6 Å². The summed E-state index contributed by atoms with van der Waals surface area (Å²) in [6, 6.07) is 14.2. The number of pyridine rings is 1. The maximum atomic E-state index is 13.6. The highest BCUT2D eigenvalue weighted by Crippen LogP contribution is 2.11. The predicted octanol–water partition coefficient (Wildman–Crippen LogP) is 3.54. The highest BCUT2D eigenvalue weighted by Gasteiger charge is 2.13. The number of carbonyl (C=O) groups is 2. The molecule has 1 heterocycles. The van der Waals surface area contributed by atoms with Crippen LogP contribution < -0.4 is 10.6 Å². The van der Waals surface area contributed by atoms with Gasteiger partial charge in [0, 0.05) is 29.6 Å². The van der Waals surface area contributed by atoms with Crippen LogP contribution in [0.1, 0.15) is 26.4 Å². The van der Waals surface area contributed by atoms with Crippen molar-refractivity contribution in [1.29, 1.82) is 0 Å². The van der Waals surface area contributed by atoms with Gasteiger partial charge in [-0.05, 0) is 42.5 Å². The van der Waals surface area contributed by atoms with Crippen LogP contribution in [0.2, 0.25) is 0 Å². The van der Waals surface area contributed by atoms with Gasteiger partial charge in [0.05, 0.1) is 0 Å². The summed E-state index contributed by atoms with van der Waals surface area (Å²) in [7, 11) is 0. The fraction of sp³-hybridized carbons (Fsp3) is 0.0500. The topological polar surface area (TPSA) is 71.1 Å². The molecule has 0 aliphatic carbocycles. The van der Waals surface area contributed by atoms with Gasteiger partial charge in [-0.25, -0.2) is 8.78 Å². The first-order valence-electron chi connectivity index (χ1n) is 8.07. The van der Waals surface area contributed by atoms with Gasteiger partial charge >= 0.3 is 0 Å². The van der Waals surface area contributed by atoms with Crippen LogP contribution in [0.15, 0.2) is 66.9 Å². The van der Waals surface area contributed by atoms with Gasteiger partial charge in [-0.2, -0.15) is 0 Å². The molecule has 2 amide bonds. The molecule has 0 saturated carbocycles. The lowest BCUT2D eigenvalue weighted by Gasteiger charge is -2.08. The largest absolute Gasteiger partial charge is 0.348 e. The Kier molecular flexibility index (Phi) is 5.51. The molecule has 0 atom stereocenters. The average molecular weight is 367 g/mol. The second kappa shape index (κ2) is 8.18. The number of carbonyl (C=O) groups excluding carboxylic acids is 2. The lowest BCUT2D eigenvalue weighted by molar-refractivity contribution is 0.0950. The summed E-state index contributed by atoms with van der Waals surface area (Å²) in [6.45, 7) is 0.0188. The number of nitrogens with one attached hydrogen (secondary N) is 2. The average Bonchev–Trinajstić information content (AvgIpc) is 2.69. The molecule has 0 fully saturated rings. The summed E-state index contributed by atoms with van der Waals surface area (Å²) in [5.41, 5.74) is 0.996. The summed E-state index contributed by atoms with van der Waals surface area (Å²) in [5.74, 6) is -1.83. The molecular weight excluding hydrogens is 352 g/mol. The van der Waals surface area contributed by atoms with Gasteiger partial charge < -0.3 is 10.6 Å². The fourth-order valence-corrected chi connectivity index (χ4v) is 2.34. The first-order chi connectivity index (χ1) is 13.0. The Morgan fingerprint density at radius 1 is 0.926 bits per heavy atom. The van der Waals surface area contributed by atoms with Crippen LogP contribution in [0.4, 0.5) is 14.5 Å². The Morgan fingerprint density at radius 2 is 1.67 bits per heavy atom. The molecular formula is C20H15F2N3O2. The third kappa shape index (κ3) is 4.72. The summed E-state index contributed by atoms with van der Waals surface area (Å²) in [6.07, 6.45) is 1.33. The van der Waals surface area contributed by atoms with Gasteiger partial charge in [-0.15, -0.1) is 0 Å². The Bertz CT molecular complexity index is 975. The normalized spacial score (nSPS) is 10.3. The zero-order valence-electron chi connectivity index (χ0n) is 14.1. The molecule has 0 aliphatic rings. The van der Waals surface area contributed by atoms with E-state index >= 15 is 0 Å². The van der Waals surface area contributed by atoms with Crippen molar-refractivity contribution in [3.8, 4) is 0 Å². The molecule has 2 N–H and O–H groups in total. The maximum Gasteiger partial charge on any atom is 0.274 e. The smallest absolute Gasteiger partial charge is 0.274 e. The minimum Gasteiger partial charge on any atom is -0.348 e. The van der Waals surface area contributed by atoms with Crippen LogP contribution in [0, 0.1) is 11.6 Å². The van der Waals surface area contributed by atoms with Crippen molar-refractivity contribution in [2.45, 2.75) is 6.54 Å². The van der Waals surface area contributed by atoms with Gasteiger partial charge in [0.2, 0.25) is 0 Å². The van der Waals surface area contributed by atoms with Crippen LogP contribution >= 0.6 is 0 Å². The van der Waals surface area contributed by atoms with E-state index in [0.29, 0.717) is 11.3 Å². The molecule has 27 heavy (non-hydrogen) atoms. The highest BCUT2D eigenvalue weighted by atomic mass is 19.1. The molecule has 0 saturated heterocycles. The van der Waals surface area contributed by atoms with Crippen molar-refractivity contribution in [2.24, 2.45) is 0 Å². The summed E-state index contributed by atoms with van der Waals surface area (Å²) >= 11 is 0. The molecule has 3 rings (SSSR count). The molecule has 3 aromatic rings. The monoisotopic (exact) mass is 367 g/mol. The number of rotatable bonds is 5. The van der Waals surface area contributed by atoms with E-state index in [4.69, 9.17) is 0 Å². The van der Waals surface area contributed by atoms with Gasteiger partial charge in [-0.3, -0.25) is 14.6 Å². The molecule has 0 spiro atoms. The van der Waals surface area contributed by atoms with Crippen LogP contribution in [-0.4, -0.2) is 16.8 Å². The molecule has 5 nitrogen and oxygen atoms in total. The predicted molar refractivity (Wildman–Crippen MR) is 96.2 cm³/mol. The number of hydrogen-bond acceptors (Lipinski definition) is 3. The van der Waals surface area contributed by atoms with Crippen LogP contribution in [-0.2, 0) is 6.54 Å². The van der Waals surface area contributed by atoms with E-state index in [0.717, 1.165) is 0 Å². The first-order valence-corrected chi connectivity index (χ1v) is 8.07. The fourth-order valence-electron chi connectivity index (χ4n) is 2.34. The molecule has 0 radical (unpaired) electrons. The van der Waals surface area contributed by atoms with E-state index in [1.807, 2.05) is 0 Å². The second-order valence-corrected chi connectivity index (χ2v) is 5.66. The molecule has 0 bridgehead atoms. The van der Waals surface area contributed by atoms with E-state index in [1.54, 1.807) is 18.2 Å². The lowest BCUT2D eigenvalue weighted by Crippen LogP contribution is -2.24. The molecule has 7 heteroatoms. The summed E-state index contributed by atoms with van der Waals surface area (Å²) < 4.78 is 26.5. The van der Waals surface area contributed by atoms with Crippen LogP contribution in [0.5, 0.6) is 0 Å². The Labute approximate surface area is 154 Å². The molecule has 136 valence electrons. The Balaban J connectivity index is 1.67. The van der Waals surface area contributed by atoms with Gasteiger partial charge in [-0.1, -0.05) is 18.2 Å². The minimum absolute atomic E-state index is 0.0188. The molecule has 2 aromatic carbocycles. The van der Waals surface area contributed by atoms with Crippen molar-refractivity contribution < 1.29 is 18.4 Å². The SMILES string of the molecule is O=C(NCc1ccccc1F)c1ccnc(C(=O)Nc2ccc(F)cc2)c1. The quantitative estimate of drug-likeness (QED) is 0.725. The Morgan fingerprint density at radius 3 is 2.41 bits per heavy atom. The number of hydrogen-bond donors (Lipinski definition) is 2. The van der Waals surface area contributed by atoms with E-state index in [1.165, 1.54) is 48.7 Å². The van der Waals surface area contributed by atoms with Crippen LogP contribution in [0.25, 0.3) is 0 Å². The zero-order chi connectivity index (χ0) is 19.2. The van der Waals surface area contributed by atoms with Crippen molar-refractivity contribution >= 4 is 17.5 Å². The minimum atomic E-state index is -0.537. The van der Waals surface area contributed by atoms with Crippen molar-refractivity contribution in [2.75, 3.05) is 5.32 Å². The number of aromatic nitrogens is 1. The molecule has 0 unspecified atom stereocenters. The summed E-state index contributed by atoms with van der Waals surface area (Å²) in [4.78, 5) is 28.5. The standard InChI is InChI=1S/C20H15F2N3O2/c21-15-5-7-16(8-6-15)25-20(27)18-11-13(9-10-23-18)19(26)24-12-14-3-1-2-4-17(14)22/h1-11H,12H2,(H,24,26)(H,25,27).